The summed E-state index contributed by atoms with van der Waals surface area (Å²) in [5.74, 6) is -2.06. The van der Waals surface area contributed by atoms with E-state index in [9.17, 15) is 14.4 Å². The summed E-state index contributed by atoms with van der Waals surface area (Å²) in [4.78, 5) is 40.1. The fourth-order valence-corrected chi connectivity index (χ4v) is 2.22. The highest BCUT2D eigenvalue weighted by atomic mass is 16.7. The maximum atomic E-state index is 12.1. The Bertz CT molecular complexity index is 610. The predicted octanol–water partition coefficient (Wildman–Crippen LogP) is 1.85. The fourth-order valence-electron chi connectivity index (χ4n) is 2.22. The van der Waals surface area contributed by atoms with Gasteiger partial charge in [0.25, 0.3) is 5.91 Å². The van der Waals surface area contributed by atoms with Gasteiger partial charge < -0.3 is 9.94 Å². The van der Waals surface area contributed by atoms with Gasteiger partial charge in [-0.2, -0.15) is 5.06 Å². The highest BCUT2D eigenvalue weighted by molar-refractivity contribution is 5.98. The number of hydrogen-bond donors (Lipinski definition) is 1. The largest absolute Gasteiger partial charge is 0.481 e. The van der Waals surface area contributed by atoms with Gasteiger partial charge in [0.05, 0.1) is 11.8 Å². The van der Waals surface area contributed by atoms with Crippen molar-refractivity contribution in [3.8, 4) is 5.75 Å². The summed E-state index contributed by atoms with van der Waals surface area (Å²) >= 11 is 0. The van der Waals surface area contributed by atoms with Crippen LogP contribution >= 0.6 is 0 Å². The number of carboxylic acids is 1. The van der Waals surface area contributed by atoms with Crippen LogP contribution in [0.15, 0.2) is 18.2 Å². The van der Waals surface area contributed by atoms with Crippen LogP contribution in [-0.2, 0) is 9.59 Å². The first-order chi connectivity index (χ1) is 9.81. The standard InChI is InChI=1S/C15H17NO5/c1-8(15(19)20)6-12(17)10-4-5-13-11(7-10)9(2)14(18)16(3)21-13/h4-5,7-9H,6H2,1-3H3,(H,19,20). The van der Waals surface area contributed by atoms with Crippen LogP contribution in [0.25, 0.3) is 0 Å². The Hall–Kier alpha value is -2.37. The van der Waals surface area contributed by atoms with E-state index in [1.54, 1.807) is 25.1 Å². The van der Waals surface area contributed by atoms with Crippen LogP contribution < -0.4 is 4.84 Å². The van der Waals surface area contributed by atoms with Gasteiger partial charge in [0, 0.05) is 24.6 Å². The summed E-state index contributed by atoms with van der Waals surface area (Å²) in [5, 5.41) is 10.0. The van der Waals surface area contributed by atoms with Crippen molar-refractivity contribution in [2.75, 3.05) is 7.05 Å². The lowest BCUT2D eigenvalue weighted by molar-refractivity contribution is -0.157. The number of fused-ring (bicyclic) bond motifs is 1. The maximum absolute atomic E-state index is 12.1. The molecule has 112 valence electrons. The van der Waals surface area contributed by atoms with Gasteiger partial charge in [0.1, 0.15) is 0 Å². The first-order valence-corrected chi connectivity index (χ1v) is 6.66. The fraction of sp³-hybridized carbons (Fsp3) is 0.400. The Morgan fingerprint density at radius 3 is 2.71 bits per heavy atom. The Kier molecular flexibility index (Phi) is 3.97. The normalized spacial score (nSPS) is 18.7. The van der Waals surface area contributed by atoms with Gasteiger partial charge in [0.15, 0.2) is 11.5 Å². The van der Waals surface area contributed by atoms with E-state index >= 15 is 0 Å². The van der Waals surface area contributed by atoms with E-state index in [1.807, 2.05) is 0 Å². The second-order valence-electron chi connectivity index (χ2n) is 5.27. The number of hydrogen-bond acceptors (Lipinski definition) is 4. The number of carboxylic acid groups (broad SMARTS) is 1. The molecule has 0 fully saturated rings. The Labute approximate surface area is 122 Å². The van der Waals surface area contributed by atoms with Crippen LogP contribution in [0.5, 0.6) is 5.75 Å². The number of aliphatic carboxylic acids is 1. The molecule has 1 heterocycles. The first-order valence-electron chi connectivity index (χ1n) is 6.66. The monoisotopic (exact) mass is 291 g/mol. The zero-order valence-corrected chi connectivity index (χ0v) is 12.1. The summed E-state index contributed by atoms with van der Waals surface area (Å²) in [5.41, 5.74) is 1.04. The molecule has 0 bridgehead atoms. The van der Waals surface area contributed by atoms with Crippen molar-refractivity contribution in [2.45, 2.75) is 26.2 Å². The Balaban J connectivity index is 2.27. The third-order valence-electron chi connectivity index (χ3n) is 3.63. The zero-order valence-electron chi connectivity index (χ0n) is 12.1. The number of rotatable bonds is 4. The number of carbonyl (C=O) groups is 3. The van der Waals surface area contributed by atoms with Crippen molar-refractivity contribution >= 4 is 17.7 Å². The van der Waals surface area contributed by atoms with Crippen molar-refractivity contribution in [1.29, 1.82) is 0 Å². The quantitative estimate of drug-likeness (QED) is 0.856. The molecule has 0 spiro atoms. The molecule has 1 aromatic carbocycles. The number of hydroxylamine groups is 2. The summed E-state index contributed by atoms with van der Waals surface area (Å²) < 4.78 is 0. The van der Waals surface area contributed by atoms with Crippen molar-refractivity contribution < 1.29 is 24.3 Å². The first kappa shape index (κ1) is 15.0. The average Bonchev–Trinajstić information content (AvgIpc) is 2.44. The molecule has 1 amide bonds. The van der Waals surface area contributed by atoms with E-state index < -0.39 is 17.8 Å². The molecule has 1 aliphatic rings. The number of ketones is 1. The van der Waals surface area contributed by atoms with Crippen molar-refractivity contribution in [1.82, 2.24) is 5.06 Å². The minimum Gasteiger partial charge on any atom is -0.481 e. The smallest absolute Gasteiger partial charge is 0.306 e. The van der Waals surface area contributed by atoms with Gasteiger partial charge in [-0.1, -0.05) is 6.92 Å². The minimum absolute atomic E-state index is 0.0722. The molecular weight excluding hydrogens is 274 g/mol. The Morgan fingerprint density at radius 2 is 2.10 bits per heavy atom. The van der Waals surface area contributed by atoms with E-state index in [0.29, 0.717) is 16.9 Å². The molecule has 0 aliphatic carbocycles. The molecule has 6 heteroatoms. The number of amides is 1. The van der Waals surface area contributed by atoms with Crippen LogP contribution in [-0.4, -0.2) is 34.9 Å². The van der Waals surface area contributed by atoms with Gasteiger partial charge in [-0.25, -0.2) is 0 Å². The van der Waals surface area contributed by atoms with Gasteiger partial charge in [-0.05, 0) is 25.1 Å². The number of Topliss-reactive ketones (excluding diaryl/α,β-unsaturated/α-hetero) is 1. The number of nitrogens with zero attached hydrogens (tertiary/aromatic N) is 1. The molecule has 6 nitrogen and oxygen atoms in total. The Morgan fingerprint density at radius 1 is 1.43 bits per heavy atom. The average molecular weight is 291 g/mol. The topological polar surface area (TPSA) is 83.9 Å². The number of carbonyl (C=O) groups excluding carboxylic acids is 2. The number of likely N-dealkylation sites (N-methyl/N-ethyl adjacent to an activating group) is 1. The molecule has 1 aliphatic heterocycles. The van der Waals surface area contributed by atoms with Crippen LogP contribution in [0, 0.1) is 5.92 Å². The van der Waals surface area contributed by atoms with Crippen LogP contribution in [0.3, 0.4) is 0 Å². The summed E-state index contributed by atoms with van der Waals surface area (Å²) in [6.45, 7) is 3.23. The van der Waals surface area contributed by atoms with Crippen molar-refractivity contribution in [3.63, 3.8) is 0 Å². The van der Waals surface area contributed by atoms with Crippen molar-refractivity contribution in [2.24, 2.45) is 5.92 Å². The molecule has 21 heavy (non-hydrogen) atoms. The van der Waals surface area contributed by atoms with Gasteiger partial charge in [-0.3, -0.25) is 14.4 Å². The molecule has 0 saturated carbocycles. The molecular formula is C15H17NO5. The highest BCUT2D eigenvalue weighted by Gasteiger charge is 2.30. The second-order valence-corrected chi connectivity index (χ2v) is 5.27. The molecule has 2 atom stereocenters. The van der Waals surface area contributed by atoms with Gasteiger partial charge in [0.2, 0.25) is 0 Å². The van der Waals surface area contributed by atoms with Gasteiger partial charge >= 0.3 is 5.97 Å². The van der Waals surface area contributed by atoms with Crippen LogP contribution in [0.1, 0.15) is 42.1 Å². The minimum atomic E-state index is -1.00. The second kappa shape index (κ2) is 5.55. The SMILES string of the molecule is CC(CC(=O)c1ccc2c(c1)C(C)C(=O)N(C)O2)C(=O)O. The van der Waals surface area contributed by atoms with Crippen LogP contribution in [0.2, 0.25) is 0 Å². The summed E-state index contributed by atoms with van der Waals surface area (Å²) in [6, 6.07) is 4.83. The zero-order chi connectivity index (χ0) is 15.7. The molecule has 1 N–H and O–H groups in total. The lowest BCUT2D eigenvalue weighted by Gasteiger charge is -2.29. The van der Waals surface area contributed by atoms with E-state index in [0.717, 1.165) is 0 Å². The molecule has 1 aromatic rings. The lowest BCUT2D eigenvalue weighted by Crippen LogP contribution is -2.37. The molecule has 0 aromatic heterocycles. The molecule has 0 radical (unpaired) electrons. The summed E-state index contributed by atoms with van der Waals surface area (Å²) in [7, 11) is 1.54. The van der Waals surface area contributed by atoms with E-state index in [1.165, 1.54) is 19.0 Å². The van der Waals surface area contributed by atoms with Gasteiger partial charge in [-0.15, -0.1) is 0 Å². The third-order valence-corrected chi connectivity index (χ3v) is 3.63. The summed E-state index contributed by atoms with van der Waals surface area (Å²) in [6.07, 6.45) is -0.0722. The maximum Gasteiger partial charge on any atom is 0.306 e. The predicted molar refractivity (Wildman–Crippen MR) is 74.0 cm³/mol. The molecule has 0 saturated heterocycles. The third kappa shape index (κ3) is 2.89. The highest BCUT2D eigenvalue weighted by Crippen LogP contribution is 2.33. The van der Waals surface area contributed by atoms with Crippen LogP contribution in [0.4, 0.5) is 0 Å². The van der Waals surface area contributed by atoms with E-state index in [-0.39, 0.29) is 18.1 Å². The molecule has 2 rings (SSSR count). The van der Waals surface area contributed by atoms with Crippen molar-refractivity contribution in [3.05, 3.63) is 29.3 Å². The van der Waals surface area contributed by atoms with E-state index in [2.05, 4.69) is 0 Å². The molecule has 2 unspecified atom stereocenters. The van der Waals surface area contributed by atoms with E-state index in [4.69, 9.17) is 9.94 Å². The number of benzene rings is 1. The lowest BCUT2D eigenvalue weighted by atomic mass is 9.93.